The van der Waals surface area contributed by atoms with Gasteiger partial charge in [0.05, 0.1) is 9.88 Å². The zero-order chi connectivity index (χ0) is 14.1. The van der Waals surface area contributed by atoms with Crippen LogP contribution < -0.4 is 5.73 Å². The van der Waals surface area contributed by atoms with E-state index in [1.807, 2.05) is 0 Å². The number of anilines is 1. The van der Waals surface area contributed by atoms with E-state index < -0.39 is 11.6 Å². The molecule has 0 fully saturated rings. The fraction of sp³-hybridized carbons (Fsp3) is 0.0769. The van der Waals surface area contributed by atoms with Gasteiger partial charge in [-0.25, -0.2) is 8.78 Å². The molecule has 1 aromatic carbocycles. The summed E-state index contributed by atoms with van der Waals surface area (Å²) in [5, 5.41) is 4.42. The van der Waals surface area contributed by atoms with Crippen LogP contribution in [0.25, 0.3) is 10.8 Å². The lowest BCUT2D eigenvalue weighted by molar-refractivity contribution is 0.424. The predicted octanol–water partition coefficient (Wildman–Crippen LogP) is 3.25. The van der Waals surface area contributed by atoms with Gasteiger partial charge in [-0.1, -0.05) is 11.2 Å². The van der Waals surface area contributed by atoms with Crippen molar-refractivity contribution in [1.29, 1.82) is 0 Å². The molecular formula is C13H9F2N3OS. The molecule has 0 spiro atoms. The predicted molar refractivity (Wildman–Crippen MR) is 71.2 cm³/mol. The Bertz CT molecular complexity index is 754. The highest BCUT2D eigenvalue weighted by Gasteiger charge is 2.13. The summed E-state index contributed by atoms with van der Waals surface area (Å²) in [7, 11) is 0. The molecule has 0 atom stereocenters. The van der Waals surface area contributed by atoms with Crippen molar-refractivity contribution in [3.63, 3.8) is 0 Å². The fourth-order valence-corrected chi connectivity index (χ4v) is 2.43. The maximum Gasteiger partial charge on any atom is 0.268 e. The number of hydrogen-bond acceptors (Lipinski definition) is 5. The molecule has 0 aliphatic carbocycles. The highest BCUT2D eigenvalue weighted by Crippen LogP contribution is 2.28. The van der Waals surface area contributed by atoms with E-state index in [2.05, 4.69) is 10.1 Å². The van der Waals surface area contributed by atoms with E-state index in [4.69, 9.17) is 10.3 Å². The number of nitrogens with zero attached hydrogens (tertiary/aromatic N) is 2. The standard InChI is InChI=1S/C13H9F2N3OS/c14-8-2-1-7(9(15)6-8)5-12-17-13(19-18-12)10-3-4-11(16)20-10/h1-4,6H,5,16H2. The van der Waals surface area contributed by atoms with Gasteiger partial charge in [-0.05, 0) is 23.8 Å². The molecule has 0 aliphatic heterocycles. The monoisotopic (exact) mass is 293 g/mol. The summed E-state index contributed by atoms with van der Waals surface area (Å²) in [6.45, 7) is 0. The van der Waals surface area contributed by atoms with Crippen LogP contribution >= 0.6 is 11.3 Å². The zero-order valence-electron chi connectivity index (χ0n) is 10.1. The number of thiophene rings is 1. The second-order valence-electron chi connectivity index (χ2n) is 4.13. The van der Waals surface area contributed by atoms with Gasteiger partial charge in [0, 0.05) is 12.5 Å². The quantitative estimate of drug-likeness (QED) is 0.805. The second kappa shape index (κ2) is 5.01. The van der Waals surface area contributed by atoms with Gasteiger partial charge < -0.3 is 10.3 Å². The highest BCUT2D eigenvalue weighted by molar-refractivity contribution is 7.19. The minimum Gasteiger partial charge on any atom is -0.391 e. The first-order valence-electron chi connectivity index (χ1n) is 5.74. The number of benzene rings is 1. The SMILES string of the molecule is Nc1ccc(-c2nc(Cc3ccc(F)cc3F)no2)s1. The summed E-state index contributed by atoms with van der Waals surface area (Å²) in [5.74, 6) is -0.576. The van der Waals surface area contributed by atoms with Crippen molar-refractivity contribution < 1.29 is 13.3 Å². The van der Waals surface area contributed by atoms with Gasteiger partial charge in [-0.2, -0.15) is 4.98 Å². The lowest BCUT2D eigenvalue weighted by Gasteiger charge is -1.98. The smallest absolute Gasteiger partial charge is 0.268 e. The molecule has 2 aromatic heterocycles. The van der Waals surface area contributed by atoms with Crippen LogP contribution in [0.1, 0.15) is 11.4 Å². The molecule has 102 valence electrons. The lowest BCUT2D eigenvalue weighted by atomic mass is 10.1. The first-order valence-corrected chi connectivity index (χ1v) is 6.55. The number of nitrogen functional groups attached to an aromatic ring is 1. The average Bonchev–Trinajstić information content (AvgIpc) is 3.02. The van der Waals surface area contributed by atoms with Crippen molar-refractivity contribution in [3.8, 4) is 10.8 Å². The van der Waals surface area contributed by atoms with Crippen LogP contribution in [0.15, 0.2) is 34.9 Å². The normalized spacial score (nSPS) is 10.9. The van der Waals surface area contributed by atoms with E-state index in [1.165, 1.54) is 23.5 Å². The zero-order valence-corrected chi connectivity index (χ0v) is 11.0. The van der Waals surface area contributed by atoms with E-state index in [0.29, 0.717) is 22.3 Å². The maximum absolute atomic E-state index is 13.5. The molecule has 0 bridgehead atoms. The molecule has 4 nitrogen and oxygen atoms in total. The third kappa shape index (κ3) is 2.53. The Balaban J connectivity index is 1.84. The molecule has 2 N–H and O–H groups in total. The van der Waals surface area contributed by atoms with Gasteiger partial charge >= 0.3 is 0 Å². The van der Waals surface area contributed by atoms with Gasteiger partial charge in [0.2, 0.25) is 0 Å². The van der Waals surface area contributed by atoms with E-state index in [0.717, 1.165) is 10.9 Å². The van der Waals surface area contributed by atoms with E-state index in [9.17, 15) is 8.78 Å². The number of aromatic nitrogens is 2. The maximum atomic E-state index is 13.5. The van der Waals surface area contributed by atoms with Crippen LogP contribution in [0.5, 0.6) is 0 Å². The first kappa shape index (κ1) is 12.7. The van der Waals surface area contributed by atoms with Crippen LogP contribution in [0.3, 0.4) is 0 Å². The molecule has 0 amide bonds. The summed E-state index contributed by atoms with van der Waals surface area (Å²) < 4.78 is 31.4. The number of halogens is 2. The number of nitrogens with two attached hydrogens (primary N) is 1. The molecule has 2 heterocycles. The molecular weight excluding hydrogens is 284 g/mol. The minimum absolute atomic E-state index is 0.135. The number of hydrogen-bond donors (Lipinski definition) is 1. The Hall–Kier alpha value is -2.28. The molecule has 7 heteroatoms. The number of rotatable bonds is 3. The fourth-order valence-electron chi connectivity index (χ4n) is 1.73. The summed E-state index contributed by atoms with van der Waals surface area (Å²) >= 11 is 1.32. The van der Waals surface area contributed by atoms with Gasteiger partial charge in [-0.3, -0.25) is 0 Å². The van der Waals surface area contributed by atoms with Crippen LogP contribution in [0.2, 0.25) is 0 Å². The van der Waals surface area contributed by atoms with Gasteiger partial charge in [0.15, 0.2) is 5.82 Å². The van der Waals surface area contributed by atoms with Crippen molar-refractivity contribution in [3.05, 3.63) is 53.4 Å². The highest BCUT2D eigenvalue weighted by atomic mass is 32.1. The largest absolute Gasteiger partial charge is 0.391 e. The molecule has 0 unspecified atom stereocenters. The van der Waals surface area contributed by atoms with Crippen LogP contribution in [0.4, 0.5) is 13.8 Å². The van der Waals surface area contributed by atoms with Crippen LogP contribution in [-0.4, -0.2) is 10.1 Å². The third-order valence-corrected chi connectivity index (χ3v) is 3.57. The van der Waals surface area contributed by atoms with E-state index >= 15 is 0 Å². The van der Waals surface area contributed by atoms with Crippen molar-refractivity contribution in [1.82, 2.24) is 10.1 Å². The summed E-state index contributed by atoms with van der Waals surface area (Å²) in [6.07, 6.45) is 0.135. The third-order valence-electron chi connectivity index (χ3n) is 2.67. The topological polar surface area (TPSA) is 64.9 Å². The van der Waals surface area contributed by atoms with E-state index in [-0.39, 0.29) is 6.42 Å². The molecule has 20 heavy (non-hydrogen) atoms. The average molecular weight is 293 g/mol. The molecule has 0 aliphatic rings. The minimum atomic E-state index is -0.628. The molecule has 3 aromatic rings. The van der Waals surface area contributed by atoms with Crippen molar-refractivity contribution in [2.75, 3.05) is 5.73 Å². The first-order chi connectivity index (χ1) is 9.61. The molecule has 0 radical (unpaired) electrons. The lowest BCUT2D eigenvalue weighted by Crippen LogP contribution is -1.95. The Morgan fingerprint density at radius 2 is 2.05 bits per heavy atom. The summed E-state index contributed by atoms with van der Waals surface area (Å²) in [5.41, 5.74) is 5.93. The Morgan fingerprint density at radius 1 is 1.20 bits per heavy atom. The Kier molecular flexibility index (Phi) is 3.19. The van der Waals surface area contributed by atoms with Crippen LogP contribution in [-0.2, 0) is 6.42 Å². The van der Waals surface area contributed by atoms with Gasteiger partial charge in [0.1, 0.15) is 11.6 Å². The van der Waals surface area contributed by atoms with Gasteiger partial charge in [-0.15, -0.1) is 11.3 Å². The summed E-state index contributed by atoms with van der Waals surface area (Å²) in [6, 6.07) is 6.90. The van der Waals surface area contributed by atoms with Gasteiger partial charge in [0.25, 0.3) is 5.89 Å². The molecule has 3 rings (SSSR count). The van der Waals surface area contributed by atoms with Crippen LogP contribution in [0, 0.1) is 11.6 Å². The second-order valence-corrected chi connectivity index (χ2v) is 5.25. The Labute approximate surface area is 116 Å². The van der Waals surface area contributed by atoms with Crippen molar-refractivity contribution in [2.24, 2.45) is 0 Å². The Morgan fingerprint density at radius 3 is 2.75 bits per heavy atom. The van der Waals surface area contributed by atoms with Crippen molar-refractivity contribution >= 4 is 16.3 Å². The van der Waals surface area contributed by atoms with E-state index in [1.54, 1.807) is 12.1 Å². The summed E-state index contributed by atoms with van der Waals surface area (Å²) in [4.78, 5) is 4.92. The molecule has 0 saturated carbocycles. The molecule has 0 saturated heterocycles. The van der Waals surface area contributed by atoms with Crippen molar-refractivity contribution in [2.45, 2.75) is 6.42 Å².